The van der Waals surface area contributed by atoms with E-state index in [1.54, 1.807) is 32.4 Å². The second kappa shape index (κ2) is 8.48. The van der Waals surface area contributed by atoms with Crippen LogP contribution < -0.4 is 14.8 Å². The molecule has 0 aliphatic heterocycles. The number of benzene rings is 3. The van der Waals surface area contributed by atoms with Crippen LogP contribution >= 0.6 is 0 Å². The van der Waals surface area contributed by atoms with E-state index >= 15 is 0 Å². The zero-order valence-electron chi connectivity index (χ0n) is 18.0. The Labute approximate surface area is 181 Å². The summed E-state index contributed by atoms with van der Waals surface area (Å²) in [4.78, 5) is 18.0. The van der Waals surface area contributed by atoms with Crippen molar-refractivity contribution in [2.24, 2.45) is 0 Å². The van der Waals surface area contributed by atoms with Crippen LogP contribution in [0.15, 0.2) is 66.7 Å². The van der Waals surface area contributed by atoms with Crippen molar-refractivity contribution in [3.8, 4) is 22.6 Å². The van der Waals surface area contributed by atoms with Gasteiger partial charge < -0.3 is 14.8 Å². The fraction of sp³-hybridized carbons (Fsp3) is 0.154. The third-order valence-electron chi connectivity index (χ3n) is 5.23. The molecule has 0 fully saturated rings. The van der Waals surface area contributed by atoms with E-state index in [0.717, 1.165) is 27.7 Å². The molecule has 0 spiro atoms. The van der Waals surface area contributed by atoms with Crippen molar-refractivity contribution in [3.63, 3.8) is 0 Å². The minimum absolute atomic E-state index is 0.222. The number of amides is 1. The molecular formula is C26H24N2O3. The Morgan fingerprint density at radius 3 is 2.39 bits per heavy atom. The van der Waals surface area contributed by atoms with Crippen LogP contribution in [-0.2, 0) is 0 Å². The Kier molecular flexibility index (Phi) is 5.58. The summed E-state index contributed by atoms with van der Waals surface area (Å²) in [5, 5.41) is 3.77. The molecule has 1 heterocycles. The summed E-state index contributed by atoms with van der Waals surface area (Å²) >= 11 is 0. The summed E-state index contributed by atoms with van der Waals surface area (Å²) in [5.41, 5.74) is 5.98. The first-order valence-corrected chi connectivity index (χ1v) is 10.0. The van der Waals surface area contributed by atoms with E-state index in [1.165, 1.54) is 5.56 Å². The smallest absolute Gasteiger partial charge is 0.256 e. The Bertz CT molecular complexity index is 1260. The molecule has 1 amide bonds. The maximum Gasteiger partial charge on any atom is 0.256 e. The lowest BCUT2D eigenvalue weighted by Gasteiger charge is -2.14. The van der Waals surface area contributed by atoms with Gasteiger partial charge in [0.25, 0.3) is 5.91 Å². The first-order chi connectivity index (χ1) is 15.0. The molecule has 4 aromatic rings. The summed E-state index contributed by atoms with van der Waals surface area (Å²) < 4.78 is 10.7. The number of ether oxygens (including phenoxy) is 2. The molecule has 0 saturated heterocycles. The number of rotatable bonds is 5. The predicted molar refractivity (Wildman–Crippen MR) is 124 cm³/mol. The quantitative estimate of drug-likeness (QED) is 0.451. The number of carbonyl (C=O) groups excluding carboxylic acids is 1. The van der Waals surface area contributed by atoms with Crippen molar-refractivity contribution in [3.05, 3.63) is 83.6 Å². The molecule has 0 unspecified atom stereocenters. The number of nitrogens with one attached hydrogen (secondary N) is 1. The van der Waals surface area contributed by atoms with E-state index in [-0.39, 0.29) is 5.91 Å². The third-order valence-corrected chi connectivity index (χ3v) is 5.23. The molecule has 0 atom stereocenters. The van der Waals surface area contributed by atoms with Crippen LogP contribution in [0.3, 0.4) is 0 Å². The van der Waals surface area contributed by atoms with Gasteiger partial charge in [-0.1, -0.05) is 48.0 Å². The van der Waals surface area contributed by atoms with Gasteiger partial charge in [-0.15, -0.1) is 0 Å². The van der Waals surface area contributed by atoms with Gasteiger partial charge in [0.05, 0.1) is 31.0 Å². The molecule has 31 heavy (non-hydrogen) atoms. The van der Waals surface area contributed by atoms with Gasteiger partial charge in [0.1, 0.15) is 11.5 Å². The molecule has 0 aliphatic carbocycles. The summed E-state index contributed by atoms with van der Waals surface area (Å²) in [6.07, 6.45) is 0. The molecular weight excluding hydrogens is 388 g/mol. The van der Waals surface area contributed by atoms with Crippen molar-refractivity contribution in [1.82, 2.24) is 4.98 Å². The van der Waals surface area contributed by atoms with Crippen molar-refractivity contribution < 1.29 is 14.3 Å². The van der Waals surface area contributed by atoms with E-state index in [9.17, 15) is 4.79 Å². The summed E-state index contributed by atoms with van der Waals surface area (Å²) in [6.45, 7) is 3.96. The second-order valence-corrected chi connectivity index (χ2v) is 7.40. The maximum atomic E-state index is 13.3. The number of pyridine rings is 1. The average Bonchev–Trinajstić information content (AvgIpc) is 2.79. The van der Waals surface area contributed by atoms with Crippen LogP contribution in [0.25, 0.3) is 22.0 Å². The summed E-state index contributed by atoms with van der Waals surface area (Å²) in [6, 6.07) is 21.3. The van der Waals surface area contributed by atoms with Crippen molar-refractivity contribution in [1.29, 1.82) is 0 Å². The number of methoxy groups -OCH3 is 2. The van der Waals surface area contributed by atoms with E-state index < -0.39 is 0 Å². The van der Waals surface area contributed by atoms with Gasteiger partial charge >= 0.3 is 0 Å². The zero-order chi connectivity index (χ0) is 22.0. The number of hydrogen-bond acceptors (Lipinski definition) is 4. The Hall–Kier alpha value is -3.86. The fourth-order valence-corrected chi connectivity index (χ4v) is 3.62. The number of aromatic nitrogens is 1. The molecule has 0 radical (unpaired) electrons. The molecule has 0 bridgehead atoms. The van der Waals surface area contributed by atoms with Gasteiger partial charge in [-0.2, -0.15) is 0 Å². The number of para-hydroxylation sites is 1. The summed E-state index contributed by atoms with van der Waals surface area (Å²) in [5.74, 6) is 0.964. The SMILES string of the molecule is COc1ccc(NC(=O)c2cc(C)nc3c(-c4ccc(C)cc4)cccc23)c(OC)c1. The molecule has 0 aliphatic rings. The van der Waals surface area contributed by atoms with Crippen molar-refractivity contribution in [2.45, 2.75) is 13.8 Å². The van der Waals surface area contributed by atoms with Gasteiger partial charge in [0.15, 0.2) is 0 Å². The Morgan fingerprint density at radius 1 is 0.903 bits per heavy atom. The number of hydrogen-bond donors (Lipinski definition) is 1. The molecule has 0 saturated carbocycles. The lowest BCUT2D eigenvalue weighted by Crippen LogP contribution is -2.14. The van der Waals surface area contributed by atoms with Crippen LogP contribution in [0, 0.1) is 13.8 Å². The van der Waals surface area contributed by atoms with Gasteiger partial charge in [-0.25, -0.2) is 0 Å². The third kappa shape index (κ3) is 4.08. The molecule has 4 rings (SSSR count). The second-order valence-electron chi connectivity index (χ2n) is 7.40. The highest BCUT2D eigenvalue weighted by molar-refractivity contribution is 6.14. The van der Waals surface area contributed by atoms with Crippen LogP contribution in [0.4, 0.5) is 5.69 Å². The van der Waals surface area contributed by atoms with Gasteiger partial charge in [-0.3, -0.25) is 9.78 Å². The highest BCUT2D eigenvalue weighted by Gasteiger charge is 2.17. The fourth-order valence-electron chi connectivity index (χ4n) is 3.62. The monoisotopic (exact) mass is 412 g/mol. The number of carbonyl (C=O) groups is 1. The topological polar surface area (TPSA) is 60.5 Å². The minimum atomic E-state index is -0.222. The first-order valence-electron chi connectivity index (χ1n) is 10.0. The summed E-state index contributed by atoms with van der Waals surface area (Å²) in [7, 11) is 3.15. The van der Waals surface area contributed by atoms with E-state index in [2.05, 4.69) is 36.5 Å². The van der Waals surface area contributed by atoms with Gasteiger partial charge in [0.2, 0.25) is 0 Å². The number of anilines is 1. The van der Waals surface area contributed by atoms with E-state index in [0.29, 0.717) is 22.7 Å². The van der Waals surface area contributed by atoms with Crippen LogP contribution in [0.5, 0.6) is 11.5 Å². The van der Waals surface area contributed by atoms with Crippen molar-refractivity contribution in [2.75, 3.05) is 19.5 Å². The molecule has 1 N–H and O–H groups in total. The largest absolute Gasteiger partial charge is 0.497 e. The Balaban J connectivity index is 1.79. The number of aryl methyl sites for hydroxylation is 2. The van der Waals surface area contributed by atoms with Crippen LogP contribution in [0.2, 0.25) is 0 Å². The number of fused-ring (bicyclic) bond motifs is 1. The molecule has 1 aromatic heterocycles. The predicted octanol–water partition coefficient (Wildman–Crippen LogP) is 5.79. The standard InChI is InChI=1S/C26H24N2O3/c1-16-8-10-18(11-9-16)20-6-5-7-21-22(14-17(2)27-25(20)21)26(29)28-23-13-12-19(30-3)15-24(23)31-4/h5-15H,1-4H3,(H,28,29). The minimum Gasteiger partial charge on any atom is -0.497 e. The molecule has 5 nitrogen and oxygen atoms in total. The van der Waals surface area contributed by atoms with Gasteiger partial charge in [0, 0.05) is 22.7 Å². The maximum absolute atomic E-state index is 13.3. The van der Waals surface area contributed by atoms with E-state index in [1.807, 2.05) is 31.2 Å². The lowest BCUT2D eigenvalue weighted by molar-refractivity contribution is 0.102. The van der Waals surface area contributed by atoms with Crippen LogP contribution in [0.1, 0.15) is 21.6 Å². The normalized spacial score (nSPS) is 10.7. The highest BCUT2D eigenvalue weighted by Crippen LogP contribution is 2.32. The van der Waals surface area contributed by atoms with E-state index in [4.69, 9.17) is 14.5 Å². The highest BCUT2D eigenvalue weighted by atomic mass is 16.5. The van der Waals surface area contributed by atoms with Crippen LogP contribution in [-0.4, -0.2) is 25.1 Å². The zero-order valence-corrected chi connectivity index (χ0v) is 18.0. The molecule has 156 valence electrons. The van der Waals surface area contributed by atoms with Gasteiger partial charge in [-0.05, 0) is 37.6 Å². The molecule has 5 heteroatoms. The first kappa shape index (κ1) is 20.4. The molecule has 3 aromatic carbocycles. The average molecular weight is 412 g/mol. The number of nitrogens with zero attached hydrogens (tertiary/aromatic N) is 1. The lowest BCUT2D eigenvalue weighted by atomic mass is 9.98. The Morgan fingerprint density at radius 2 is 1.68 bits per heavy atom. The van der Waals surface area contributed by atoms with Crippen molar-refractivity contribution >= 4 is 22.5 Å².